The number of carbonyl (C=O) groups excluding carboxylic acids is 1. The van der Waals surface area contributed by atoms with E-state index in [9.17, 15) is 4.79 Å². The van der Waals surface area contributed by atoms with Gasteiger partial charge in [0.05, 0.1) is 17.2 Å². The summed E-state index contributed by atoms with van der Waals surface area (Å²) in [6.07, 6.45) is 6.32. The minimum atomic E-state index is -0.214. The maximum atomic E-state index is 12.4. The van der Waals surface area contributed by atoms with Crippen LogP contribution in [0, 0.1) is 0 Å². The SMILES string of the molecule is O=C(NCc1ccncc1O[C@H]1CCNC1)c1ccc2[nH]ccc2n1. The van der Waals surface area contributed by atoms with Gasteiger partial charge in [0, 0.05) is 31.0 Å². The summed E-state index contributed by atoms with van der Waals surface area (Å²) < 4.78 is 6.00. The van der Waals surface area contributed by atoms with Gasteiger partial charge in [0.1, 0.15) is 17.5 Å². The van der Waals surface area contributed by atoms with E-state index in [-0.39, 0.29) is 12.0 Å². The summed E-state index contributed by atoms with van der Waals surface area (Å²) in [6.45, 7) is 2.16. The van der Waals surface area contributed by atoms with Crippen LogP contribution in [0.15, 0.2) is 42.9 Å². The molecule has 0 aromatic carbocycles. The average molecular weight is 337 g/mol. The highest BCUT2D eigenvalue weighted by molar-refractivity contribution is 5.94. The first-order chi connectivity index (χ1) is 12.3. The lowest BCUT2D eigenvalue weighted by molar-refractivity contribution is 0.0946. The van der Waals surface area contributed by atoms with Crippen molar-refractivity contribution in [2.24, 2.45) is 0 Å². The fourth-order valence-corrected chi connectivity index (χ4v) is 2.90. The van der Waals surface area contributed by atoms with E-state index in [2.05, 4.69) is 25.6 Å². The van der Waals surface area contributed by atoms with Crippen molar-refractivity contribution in [1.29, 1.82) is 0 Å². The maximum Gasteiger partial charge on any atom is 0.270 e. The number of nitrogens with one attached hydrogen (secondary N) is 3. The number of aromatic amines is 1. The Labute approximate surface area is 144 Å². The summed E-state index contributed by atoms with van der Waals surface area (Å²) >= 11 is 0. The number of ether oxygens (including phenoxy) is 1. The molecule has 1 aliphatic rings. The molecule has 7 heteroatoms. The topological polar surface area (TPSA) is 91.9 Å². The number of hydrogen-bond donors (Lipinski definition) is 3. The number of amides is 1. The Balaban J connectivity index is 1.44. The summed E-state index contributed by atoms with van der Waals surface area (Å²) in [4.78, 5) is 23.9. The molecule has 0 saturated carbocycles. The van der Waals surface area contributed by atoms with Crippen LogP contribution < -0.4 is 15.4 Å². The Bertz CT molecular complexity index is 886. The van der Waals surface area contributed by atoms with E-state index in [1.54, 1.807) is 24.7 Å². The molecule has 7 nitrogen and oxygen atoms in total. The molecule has 3 aromatic rings. The van der Waals surface area contributed by atoms with Gasteiger partial charge in [-0.05, 0) is 37.2 Å². The van der Waals surface area contributed by atoms with Gasteiger partial charge in [0.25, 0.3) is 5.91 Å². The lowest BCUT2D eigenvalue weighted by atomic mass is 10.2. The molecule has 0 aliphatic carbocycles. The molecule has 128 valence electrons. The highest BCUT2D eigenvalue weighted by Gasteiger charge is 2.18. The molecule has 3 N–H and O–H groups in total. The normalized spacial score (nSPS) is 16.9. The van der Waals surface area contributed by atoms with Gasteiger partial charge in [-0.1, -0.05) is 0 Å². The molecule has 4 heterocycles. The van der Waals surface area contributed by atoms with Crippen LogP contribution in [-0.4, -0.2) is 40.1 Å². The van der Waals surface area contributed by atoms with Crippen molar-refractivity contribution in [2.45, 2.75) is 19.1 Å². The third-order valence-corrected chi connectivity index (χ3v) is 4.26. The lowest BCUT2D eigenvalue weighted by Gasteiger charge is -2.15. The zero-order chi connectivity index (χ0) is 17.1. The Morgan fingerprint density at radius 1 is 1.32 bits per heavy atom. The van der Waals surface area contributed by atoms with Crippen LogP contribution in [-0.2, 0) is 6.54 Å². The van der Waals surface area contributed by atoms with Crippen molar-refractivity contribution in [2.75, 3.05) is 13.1 Å². The first-order valence-corrected chi connectivity index (χ1v) is 8.32. The van der Waals surface area contributed by atoms with Gasteiger partial charge in [-0.2, -0.15) is 0 Å². The number of fused-ring (bicyclic) bond motifs is 1. The monoisotopic (exact) mass is 337 g/mol. The van der Waals surface area contributed by atoms with Crippen LogP contribution in [0.3, 0.4) is 0 Å². The number of nitrogens with zero attached hydrogens (tertiary/aromatic N) is 2. The second kappa shape index (κ2) is 6.90. The van der Waals surface area contributed by atoms with E-state index >= 15 is 0 Å². The van der Waals surface area contributed by atoms with E-state index in [1.807, 2.05) is 18.2 Å². The molecule has 0 unspecified atom stereocenters. The predicted molar refractivity (Wildman–Crippen MR) is 93.4 cm³/mol. The molecule has 3 aromatic heterocycles. The largest absolute Gasteiger partial charge is 0.487 e. The standard InChI is InChI=1S/C18H19N5O2/c24-18(16-2-1-14-15(23-16)5-8-21-14)22-9-12-3-6-20-11-17(12)25-13-4-7-19-10-13/h1-3,5-6,8,11,13,19,21H,4,7,9-10H2,(H,22,24)/t13-/m0/s1. The Morgan fingerprint density at radius 3 is 3.16 bits per heavy atom. The highest BCUT2D eigenvalue weighted by atomic mass is 16.5. The molecule has 1 fully saturated rings. The predicted octanol–water partition coefficient (Wildman–Crippen LogP) is 1.63. The highest BCUT2D eigenvalue weighted by Crippen LogP contribution is 2.20. The number of hydrogen-bond acceptors (Lipinski definition) is 5. The third kappa shape index (κ3) is 3.46. The average Bonchev–Trinajstić information content (AvgIpc) is 3.31. The molecule has 1 saturated heterocycles. The molecule has 1 aliphatic heterocycles. The fourth-order valence-electron chi connectivity index (χ4n) is 2.90. The maximum absolute atomic E-state index is 12.4. The summed E-state index contributed by atoms with van der Waals surface area (Å²) in [5.41, 5.74) is 2.97. The summed E-state index contributed by atoms with van der Waals surface area (Å²) in [6, 6.07) is 7.27. The Kier molecular flexibility index (Phi) is 4.30. The summed E-state index contributed by atoms with van der Waals surface area (Å²) in [5, 5.41) is 6.17. The lowest BCUT2D eigenvalue weighted by Crippen LogP contribution is -2.25. The molecule has 0 bridgehead atoms. The quantitative estimate of drug-likeness (QED) is 0.658. The van der Waals surface area contributed by atoms with Crippen molar-refractivity contribution in [3.05, 3.63) is 54.1 Å². The van der Waals surface area contributed by atoms with Crippen LogP contribution >= 0.6 is 0 Å². The zero-order valence-electron chi connectivity index (χ0n) is 13.7. The van der Waals surface area contributed by atoms with Crippen molar-refractivity contribution in [3.8, 4) is 5.75 Å². The molecule has 0 spiro atoms. The van der Waals surface area contributed by atoms with Crippen LogP contribution in [0.5, 0.6) is 5.75 Å². The van der Waals surface area contributed by atoms with E-state index in [1.165, 1.54) is 0 Å². The van der Waals surface area contributed by atoms with Crippen LogP contribution in [0.2, 0.25) is 0 Å². The number of H-pyrrole nitrogens is 1. The first kappa shape index (κ1) is 15.6. The van der Waals surface area contributed by atoms with Crippen molar-refractivity contribution < 1.29 is 9.53 Å². The van der Waals surface area contributed by atoms with Crippen molar-refractivity contribution >= 4 is 16.9 Å². The molecule has 25 heavy (non-hydrogen) atoms. The fraction of sp³-hybridized carbons (Fsp3) is 0.278. The van der Waals surface area contributed by atoms with Crippen LogP contribution in [0.1, 0.15) is 22.5 Å². The number of rotatable bonds is 5. The molecule has 1 atom stereocenters. The van der Waals surface area contributed by atoms with Crippen molar-refractivity contribution in [3.63, 3.8) is 0 Å². The molecular weight excluding hydrogens is 318 g/mol. The molecular formula is C18H19N5O2. The van der Waals surface area contributed by atoms with E-state index in [0.29, 0.717) is 18.0 Å². The summed E-state index contributed by atoms with van der Waals surface area (Å²) in [5.74, 6) is 0.499. The zero-order valence-corrected chi connectivity index (χ0v) is 13.7. The Hall–Kier alpha value is -2.93. The minimum absolute atomic E-state index is 0.149. The molecule has 4 rings (SSSR count). The second-order valence-corrected chi connectivity index (χ2v) is 6.01. The number of pyridine rings is 2. The molecule has 1 amide bonds. The van der Waals surface area contributed by atoms with Crippen LogP contribution in [0.4, 0.5) is 0 Å². The van der Waals surface area contributed by atoms with Gasteiger partial charge in [-0.3, -0.25) is 9.78 Å². The first-order valence-electron chi connectivity index (χ1n) is 8.32. The minimum Gasteiger partial charge on any atom is -0.487 e. The van der Waals surface area contributed by atoms with Gasteiger partial charge in [-0.25, -0.2) is 4.98 Å². The van der Waals surface area contributed by atoms with Gasteiger partial charge in [0.15, 0.2) is 0 Å². The van der Waals surface area contributed by atoms with Crippen LogP contribution in [0.25, 0.3) is 11.0 Å². The van der Waals surface area contributed by atoms with E-state index in [0.717, 1.165) is 36.1 Å². The second-order valence-electron chi connectivity index (χ2n) is 6.01. The summed E-state index contributed by atoms with van der Waals surface area (Å²) in [7, 11) is 0. The van der Waals surface area contributed by atoms with E-state index in [4.69, 9.17) is 4.74 Å². The number of aromatic nitrogens is 3. The van der Waals surface area contributed by atoms with E-state index < -0.39 is 0 Å². The van der Waals surface area contributed by atoms with Gasteiger partial charge >= 0.3 is 0 Å². The van der Waals surface area contributed by atoms with Gasteiger partial charge in [0.2, 0.25) is 0 Å². The van der Waals surface area contributed by atoms with Gasteiger partial charge in [-0.15, -0.1) is 0 Å². The van der Waals surface area contributed by atoms with Gasteiger partial charge < -0.3 is 20.4 Å². The third-order valence-electron chi connectivity index (χ3n) is 4.26. The molecule has 0 radical (unpaired) electrons. The number of carbonyl (C=O) groups is 1. The Morgan fingerprint density at radius 2 is 2.28 bits per heavy atom. The smallest absolute Gasteiger partial charge is 0.270 e. The van der Waals surface area contributed by atoms with Crippen molar-refractivity contribution in [1.82, 2.24) is 25.6 Å².